The highest BCUT2D eigenvalue weighted by atomic mass is 16.6. The van der Waals surface area contributed by atoms with Crippen LogP contribution in [0.5, 0.6) is 0 Å². The lowest BCUT2D eigenvalue weighted by Gasteiger charge is -2.15. The zero-order valence-electron chi connectivity index (χ0n) is 10.0. The van der Waals surface area contributed by atoms with E-state index in [1.807, 2.05) is 30.3 Å². The number of nitrogens with one attached hydrogen (secondary N) is 1. The summed E-state index contributed by atoms with van der Waals surface area (Å²) in [4.78, 5) is 13.2. The second-order valence-electron chi connectivity index (χ2n) is 4.33. The molecule has 96 valence electrons. The van der Waals surface area contributed by atoms with E-state index in [1.54, 1.807) is 0 Å². The Kier molecular flexibility index (Phi) is 3.94. The standard InChI is InChI=1S/C13H16N2O3/c14-12-7-15(6-11(12)8-16)13(17)18-9-10-4-2-1-3-5-10/h1-5,11,14,16H,6-9H2. The summed E-state index contributed by atoms with van der Waals surface area (Å²) in [6.45, 7) is 0.746. The molecule has 1 amide bonds. The number of carbonyl (C=O) groups excluding carboxylic acids is 1. The summed E-state index contributed by atoms with van der Waals surface area (Å²) in [5.41, 5.74) is 1.31. The smallest absolute Gasteiger partial charge is 0.410 e. The van der Waals surface area contributed by atoms with Crippen molar-refractivity contribution in [3.8, 4) is 0 Å². The van der Waals surface area contributed by atoms with Crippen LogP contribution in [0.2, 0.25) is 0 Å². The van der Waals surface area contributed by atoms with E-state index in [4.69, 9.17) is 15.3 Å². The average Bonchev–Trinajstić information content (AvgIpc) is 2.78. The molecule has 18 heavy (non-hydrogen) atoms. The van der Waals surface area contributed by atoms with Gasteiger partial charge in [-0.3, -0.25) is 0 Å². The van der Waals surface area contributed by atoms with Crippen LogP contribution >= 0.6 is 0 Å². The van der Waals surface area contributed by atoms with Crippen molar-refractivity contribution in [2.24, 2.45) is 5.92 Å². The van der Waals surface area contributed by atoms with Gasteiger partial charge in [-0.1, -0.05) is 30.3 Å². The summed E-state index contributed by atoms with van der Waals surface area (Å²) in [6.07, 6.45) is -0.431. The van der Waals surface area contributed by atoms with Gasteiger partial charge in [-0.2, -0.15) is 0 Å². The molecule has 1 heterocycles. The molecule has 0 radical (unpaired) electrons. The molecule has 1 saturated heterocycles. The van der Waals surface area contributed by atoms with Gasteiger partial charge in [0.05, 0.1) is 13.2 Å². The van der Waals surface area contributed by atoms with Crippen LogP contribution in [0.3, 0.4) is 0 Å². The monoisotopic (exact) mass is 248 g/mol. The molecule has 0 saturated carbocycles. The second kappa shape index (κ2) is 5.64. The number of likely N-dealkylation sites (tertiary alicyclic amines) is 1. The summed E-state index contributed by atoms with van der Waals surface area (Å²) in [7, 11) is 0. The maximum atomic E-state index is 11.8. The molecule has 1 atom stereocenters. The number of ether oxygens (including phenoxy) is 1. The normalized spacial score (nSPS) is 19.1. The lowest BCUT2D eigenvalue weighted by molar-refractivity contribution is 0.102. The first kappa shape index (κ1) is 12.6. The zero-order valence-corrected chi connectivity index (χ0v) is 10.0. The fourth-order valence-corrected chi connectivity index (χ4v) is 1.89. The third kappa shape index (κ3) is 2.87. The van der Waals surface area contributed by atoms with Crippen LogP contribution in [0.15, 0.2) is 30.3 Å². The summed E-state index contributed by atoms with van der Waals surface area (Å²) < 4.78 is 5.16. The predicted molar refractivity (Wildman–Crippen MR) is 66.5 cm³/mol. The molecule has 0 bridgehead atoms. The molecular weight excluding hydrogens is 232 g/mol. The molecule has 1 aromatic carbocycles. The Morgan fingerprint density at radius 2 is 2.17 bits per heavy atom. The number of carbonyl (C=O) groups is 1. The highest BCUT2D eigenvalue weighted by Crippen LogP contribution is 2.14. The van der Waals surface area contributed by atoms with Gasteiger partial charge in [0.15, 0.2) is 0 Å². The van der Waals surface area contributed by atoms with Crippen LogP contribution in [0.4, 0.5) is 4.79 Å². The van der Waals surface area contributed by atoms with Crippen molar-refractivity contribution in [2.75, 3.05) is 19.7 Å². The van der Waals surface area contributed by atoms with E-state index in [0.29, 0.717) is 12.3 Å². The highest BCUT2D eigenvalue weighted by Gasteiger charge is 2.31. The first-order valence-electron chi connectivity index (χ1n) is 5.84. The maximum absolute atomic E-state index is 11.8. The molecule has 2 N–H and O–H groups in total. The van der Waals surface area contributed by atoms with Gasteiger partial charge in [-0.05, 0) is 5.56 Å². The maximum Gasteiger partial charge on any atom is 0.410 e. The number of benzene rings is 1. The average molecular weight is 248 g/mol. The van der Waals surface area contributed by atoms with E-state index in [1.165, 1.54) is 4.90 Å². The Balaban J connectivity index is 1.84. The summed E-state index contributed by atoms with van der Waals surface area (Å²) >= 11 is 0. The van der Waals surface area contributed by atoms with E-state index in [0.717, 1.165) is 5.56 Å². The van der Waals surface area contributed by atoms with Crippen molar-refractivity contribution < 1.29 is 14.6 Å². The SMILES string of the molecule is N=C1CN(C(=O)OCc2ccccc2)CC1CO. The number of rotatable bonds is 3. The lowest BCUT2D eigenvalue weighted by atomic mass is 10.1. The van der Waals surface area contributed by atoms with Gasteiger partial charge in [0.1, 0.15) is 6.61 Å². The third-order valence-electron chi connectivity index (χ3n) is 2.98. The van der Waals surface area contributed by atoms with E-state index in [9.17, 15) is 4.79 Å². The second-order valence-corrected chi connectivity index (χ2v) is 4.33. The van der Waals surface area contributed by atoms with E-state index >= 15 is 0 Å². The van der Waals surface area contributed by atoms with Gasteiger partial charge in [-0.15, -0.1) is 0 Å². The fourth-order valence-electron chi connectivity index (χ4n) is 1.89. The molecule has 2 rings (SSSR count). The Morgan fingerprint density at radius 1 is 1.44 bits per heavy atom. The molecule has 1 unspecified atom stereocenters. The van der Waals surface area contributed by atoms with Crippen LogP contribution < -0.4 is 0 Å². The van der Waals surface area contributed by atoms with Gasteiger partial charge in [-0.25, -0.2) is 4.79 Å². The molecule has 1 aliphatic rings. The van der Waals surface area contributed by atoms with Gasteiger partial charge >= 0.3 is 6.09 Å². The molecule has 1 aliphatic heterocycles. The van der Waals surface area contributed by atoms with Crippen molar-refractivity contribution >= 4 is 11.8 Å². The number of hydrogen-bond donors (Lipinski definition) is 2. The highest BCUT2D eigenvalue weighted by molar-refractivity contribution is 5.91. The number of amides is 1. The molecule has 5 heteroatoms. The van der Waals surface area contributed by atoms with Crippen molar-refractivity contribution in [1.29, 1.82) is 5.41 Å². The van der Waals surface area contributed by atoms with E-state index < -0.39 is 6.09 Å². The van der Waals surface area contributed by atoms with Crippen LogP contribution in [0, 0.1) is 11.3 Å². The minimum absolute atomic E-state index is 0.0959. The number of aliphatic hydroxyl groups excluding tert-OH is 1. The first-order valence-corrected chi connectivity index (χ1v) is 5.84. The van der Waals surface area contributed by atoms with Gasteiger partial charge in [0, 0.05) is 18.2 Å². The van der Waals surface area contributed by atoms with Crippen LogP contribution in [0.25, 0.3) is 0 Å². The lowest BCUT2D eigenvalue weighted by Crippen LogP contribution is -2.29. The van der Waals surface area contributed by atoms with Gasteiger partial charge < -0.3 is 20.2 Å². The molecule has 1 fully saturated rings. The van der Waals surface area contributed by atoms with E-state index in [-0.39, 0.29) is 25.7 Å². The quantitative estimate of drug-likeness (QED) is 0.846. The molecule has 0 aromatic heterocycles. The third-order valence-corrected chi connectivity index (χ3v) is 2.98. The van der Waals surface area contributed by atoms with E-state index in [2.05, 4.69) is 0 Å². The Hall–Kier alpha value is -1.88. The minimum Gasteiger partial charge on any atom is -0.445 e. The zero-order chi connectivity index (χ0) is 13.0. The molecule has 0 aliphatic carbocycles. The Labute approximate surface area is 105 Å². The van der Waals surface area contributed by atoms with Crippen LogP contribution in [0.1, 0.15) is 5.56 Å². The number of hydrogen-bond acceptors (Lipinski definition) is 4. The van der Waals surface area contributed by atoms with Gasteiger partial charge in [0.2, 0.25) is 0 Å². The number of aliphatic hydroxyl groups is 1. The number of nitrogens with zero attached hydrogens (tertiary/aromatic N) is 1. The van der Waals surface area contributed by atoms with Crippen molar-refractivity contribution in [3.63, 3.8) is 0 Å². The van der Waals surface area contributed by atoms with Gasteiger partial charge in [0.25, 0.3) is 0 Å². The van der Waals surface area contributed by atoms with Crippen molar-refractivity contribution in [1.82, 2.24) is 4.90 Å². The summed E-state index contributed by atoms with van der Waals surface area (Å²) in [6, 6.07) is 9.44. The van der Waals surface area contributed by atoms with Crippen molar-refractivity contribution in [3.05, 3.63) is 35.9 Å². The molecule has 5 nitrogen and oxygen atoms in total. The minimum atomic E-state index is -0.431. The molecule has 1 aromatic rings. The molecular formula is C13H16N2O3. The topological polar surface area (TPSA) is 73.6 Å². The summed E-state index contributed by atoms with van der Waals surface area (Å²) in [5.74, 6) is -0.241. The predicted octanol–water partition coefficient (Wildman–Crippen LogP) is 1.27. The van der Waals surface area contributed by atoms with Crippen LogP contribution in [-0.4, -0.2) is 41.5 Å². The Morgan fingerprint density at radius 3 is 2.78 bits per heavy atom. The van der Waals surface area contributed by atoms with Crippen molar-refractivity contribution in [2.45, 2.75) is 6.61 Å². The van der Waals surface area contributed by atoms with Crippen LogP contribution in [-0.2, 0) is 11.3 Å². The first-order chi connectivity index (χ1) is 8.70. The Bertz CT molecular complexity index is 433. The summed E-state index contributed by atoms with van der Waals surface area (Å²) in [5, 5.41) is 16.6. The largest absolute Gasteiger partial charge is 0.445 e. The molecule has 0 spiro atoms. The fraction of sp³-hybridized carbons (Fsp3) is 0.385.